The standard InChI is InChI=1S/C16H15ClN4O4S/c1-9-5-3-4-6-13(9)20-10(2)21(19-23)14-8-12(17)15(26(18,24)25)7-11(14)16(20)22/h3-8,10H,1-2H3,(H2,18,24,25). The van der Waals surface area contributed by atoms with Gasteiger partial charge in [0.15, 0.2) is 0 Å². The van der Waals surface area contributed by atoms with Crippen LogP contribution in [0.2, 0.25) is 5.02 Å². The number of hydrogen-bond acceptors (Lipinski definition) is 5. The van der Waals surface area contributed by atoms with E-state index in [1.54, 1.807) is 19.1 Å². The maximum atomic E-state index is 13.1. The number of nitroso groups, excluding NO2 is 1. The van der Waals surface area contributed by atoms with Crippen LogP contribution in [0.3, 0.4) is 0 Å². The number of halogens is 1. The first-order valence-electron chi connectivity index (χ1n) is 7.55. The molecule has 1 amide bonds. The first-order valence-corrected chi connectivity index (χ1v) is 9.47. The molecule has 1 unspecified atom stereocenters. The molecule has 0 spiro atoms. The minimum atomic E-state index is -4.15. The van der Waals surface area contributed by atoms with Crippen molar-refractivity contribution in [3.8, 4) is 0 Å². The maximum absolute atomic E-state index is 13.1. The van der Waals surface area contributed by atoms with Gasteiger partial charge >= 0.3 is 0 Å². The van der Waals surface area contributed by atoms with Gasteiger partial charge in [0.2, 0.25) is 10.0 Å². The van der Waals surface area contributed by atoms with E-state index in [0.29, 0.717) is 5.69 Å². The molecule has 0 saturated heterocycles. The van der Waals surface area contributed by atoms with Crippen molar-refractivity contribution in [2.75, 3.05) is 9.91 Å². The molecule has 0 radical (unpaired) electrons. The summed E-state index contributed by atoms with van der Waals surface area (Å²) in [5.41, 5.74) is 1.48. The van der Waals surface area contributed by atoms with Crippen molar-refractivity contribution in [3.05, 3.63) is 57.5 Å². The van der Waals surface area contributed by atoms with Crippen molar-refractivity contribution in [1.29, 1.82) is 0 Å². The molecule has 1 aliphatic rings. The van der Waals surface area contributed by atoms with Gasteiger partial charge in [-0.05, 0) is 37.6 Å². The van der Waals surface area contributed by atoms with Gasteiger partial charge in [-0.1, -0.05) is 29.8 Å². The lowest BCUT2D eigenvalue weighted by atomic mass is 10.0. The number of nitrogens with two attached hydrogens (primary N) is 1. The molecule has 0 bridgehead atoms. The van der Waals surface area contributed by atoms with Gasteiger partial charge in [0, 0.05) is 5.69 Å². The number of anilines is 2. The molecule has 2 aromatic carbocycles. The summed E-state index contributed by atoms with van der Waals surface area (Å²) in [6, 6.07) is 9.41. The Labute approximate surface area is 155 Å². The summed E-state index contributed by atoms with van der Waals surface area (Å²) in [7, 11) is -4.15. The highest BCUT2D eigenvalue weighted by Gasteiger charge is 2.39. The number of hydrogen-bond donors (Lipinski definition) is 1. The molecular formula is C16H15ClN4O4S. The second kappa shape index (κ2) is 6.35. The maximum Gasteiger partial charge on any atom is 0.262 e. The fourth-order valence-corrected chi connectivity index (χ4v) is 4.08. The summed E-state index contributed by atoms with van der Waals surface area (Å²) >= 11 is 5.99. The predicted molar refractivity (Wildman–Crippen MR) is 98.5 cm³/mol. The molecule has 10 heteroatoms. The average Bonchev–Trinajstić information content (AvgIpc) is 2.55. The third-order valence-electron chi connectivity index (χ3n) is 4.24. The number of carbonyl (C=O) groups is 1. The van der Waals surface area contributed by atoms with Crippen LogP contribution in [0.15, 0.2) is 46.6 Å². The number of aryl methyl sites for hydroxylation is 1. The van der Waals surface area contributed by atoms with Crippen molar-refractivity contribution in [3.63, 3.8) is 0 Å². The van der Waals surface area contributed by atoms with Gasteiger partial charge in [-0.2, -0.15) is 0 Å². The third-order valence-corrected chi connectivity index (χ3v) is 5.62. The van der Waals surface area contributed by atoms with Crippen LogP contribution >= 0.6 is 11.6 Å². The molecule has 136 valence electrons. The smallest absolute Gasteiger partial charge is 0.262 e. The number of fused-ring (bicyclic) bond motifs is 1. The number of para-hydroxylation sites is 1. The zero-order valence-electron chi connectivity index (χ0n) is 13.9. The highest BCUT2D eigenvalue weighted by atomic mass is 35.5. The molecular weight excluding hydrogens is 380 g/mol. The Bertz CT molecular complexity index is 1020. The molecule has 26 heavy (non-hydrogen) atoms. The first-order chi connectivity index (χ1) is 12.2. The van der Waals surface area contributed by atoms with Gasteiger partial charge < -0.3 is 0 Å². The van der Waals surface area contributed by atoms with E-state index < -0.39 is 27.0 Å². The Morgan fingerprint density at radius 2 is 1.85 bits per heavy atom. The van der Waals surface area contributed by atoms with Gasteiger partial charge in [0.1, 0.15) is 11.1 Å². The van der Waals surface area contributed by atoms with Crippen LogP contribution in [0, 0.1) is 11.8 Å². The van der Waals surface area contributed by atoms with Gasteiger partial charge in [-0.25, -0.2) is 18.6 Å². The fraction of sp³-hybridized carbons (Fsp3) is 0.188. The number of amides is 1. The van der Waals surface area contributed by atoms with Crippen molar-refractivity contribution < 1.29 is 13.2 Å². The molecule has 3 rings (SSSR count). The Balaban J connectivity index is 2.27. The van der Waals surface area contributed by atoms with Crippen molar-refractivity contribution in [1.82, 2.24) is 0 Å². The summed E-state index contributed by atoms with van der Waals surface area (Å²) in [6.45, 7) is 3.46. The Hall–Kier alpha value is -2.49. The number of rotatable bonds is 3. The summed E-state index contributed by atoms with van der Waals surface area (Å²) in [5, 5.41) is 9.04. The topological polar surface area (TPSA) is 113 Å². The minimum Gasteiger partial charge on any atom is -0.285 e. The van der Waals surface area contributed by atoms with E-state index in [4.69, 9.17) is 16.7 Å². The zero-order chi connectivity index (χ0) is 19.2. The van der Waals surface area contributed by atoms with Gasteiger partial charge in [0.05, 0.1) is 21.6 Å². The zero-order valence-corrected chi connectivity index (χ0v) is 15.5. The van der Waals surface area contributed by atoms with Crippen LogP contribution in [0.1, 0.15) is 22.8 Å². The molecule has 2 aromatic rings. The number of primary sulfonamides is 1. The van der Waals surface area contributed by atoms with Crippen molar-refractivity contribution in [2.45, 2.75) is 24.9 Å². The summed E-state index contributed by atoms with van der Waals surface area (Å²) in [6.07, 6.45) is -0.731. The highest BCUT2D eigenvalue weighted by molar-refractivity contribution is 7.89. The van der Waals surface area contributed by atoms with E-state index in [1.165, 1.54) is 11.0 Å². The predicted octanol–water partition coefficient (Wildman–Crippen LogP) is 2.79. The molecule has 1 atom stereocenters. The molecule has 0 saturated carbocycles. The van der Waals surface area contributed by atoms with Crippen LogP contribution in [0.5, 0.6) is 0 Å². The van der Waals surface area contributed by atoms with Crippen molar-refractivity contribution >= 4 is 38.9 Å². The summed E-state index contributed by atoms with van der Waals surface area (Å²) in [5.74, 6) is -0.483. The lowest BCUT2D eigenvalue weighted by Crippen LogP contribution is -2.52. The van der Waals surface area contributed by atoms with Crippen LogP contribution < -0.4 is 15.0 Å². The molecule has 1 heterocycles. The number of sulfonamides is 1. The monoisotopic (exact) mass is 394 g/mol. The second-order valence-electron chi connectivity index (χ2n) is 5.86. The van der Waals surface area contributed by atoms with E-state index >= 15 is 0 Å². The Kier molecular flexibility index (Phi) is 4.47. The lowest BCUT2D eigenvalue weighted by molar-refractivity contribution is 0.0971. The van der Waals surface area contributed by atoms with Crippen molar-refractivity contribution in [2.24, 2.45) is 10.4 Å². The van der Waals surface area contributed by atoms with E-state index in [1.807, 2.05) is 19.1 Å². The summed E-state index contributed by atoms with van der Waals surface area (Å²) < 4.78 is 23.5. The molecule has 2 N–H and O–H groups in total. The Morgan fingerprint density at radius 1 is 1.19 bits per heavy atom. The van der Waals surface area contributed by atoms with Gasteiger partial charge in [-0.3, -0.25) is 9.69 Å². The second-order valence-corrected chi connectivity index (χ2v) is 7.80. The average molecular weight is 395 g/mol. The van der Waals surface area contributed by atoms with Crippen LogP contribution in [0.25, 0.3) is 0 Å². The minimum absolute atomic E-state index is 0.0284. The molecule has 0 aliphatic carbocycles. The van der Waals surface area contributed by atoms with Gasteiger partial charge in [-0.15, -0.1) is 4.91 Å². The molecule has 1 aliphatic heterocycles. The van der Waals surface area contributed by atoms with E-state index in [9.17, 15) is 18.1 Å². The highest BCUT2D eigenvalue weighted by Crippen LogP contribution is 2.39. The third kappa shape index (κ3) is 2.83. The van der Waals surface area contributed by atoms with Gasteiger partial charge in [0.25, 0.3) is 5.91 Å². The van der Waals surface area contributed by atoms with E-state index in [2.05, 4.69) is 5.29 Å². The molecule has 8 nitrogen and oxygen atoms in total. The fourth-order valence-electron chi connectivity index (χ4n) is 2.99. The van der Waals surface area contributed by atoms with E-state index in [0.717, 1.165) is 16.6 Å². The summed E-state index contributed by atoms with van der Waals surface area (Å²) in [4.78, 5) is 25.5. The van der Waals surface area contributed by atoms with Crippen LogP contribution in [-0.4, -0.2) is 20.5 Å². The van der Waals surface area contributed by atoms with E-state index in [-0.39, 0.29) is 16.3 Å². The van der Waals surface area contributed by atoms with Crippen LogP contribution in [-0.2, 0) is 10.0 Å². The number of carbonyl (C=O) groups excluding carboxylic acids is 1. The lowest BCUT2D eigenvalue weighted by Gasteiger charge is -2.40. The first kappa shape index (κ1) is 18.3. The largest absolute Gasteiger partial charge is 0.285 e. The molecule has 0 fully saturated rings. The Morgan fingerprint density at radius 3 is 2.42 bits per heavy atom. The normalized spacial score (nSPS) is 17.2. The van der Waals surface area contributed by atoms with Crippen LogP contribution in [0.4, 0.5) is 11.4 Å². The SMILES string of the molecule is Cc1ccccc1N1C(=O)c2cc(S(N)(=O)=O)c(Cl)cc2N(N=O)C1C. The number of benzene rings is 2. The number of nitrogens with zero attached hydrogens (tertiary/aromatic N) is 3. The quantitative estimate of drug-likeness (QED) is 0.804. The molecule has 0 aromatic heterocycles.